The number of ether oxygens (including phenoxy) is 1. The second kappa shape index (κ2) is 9.46. The van der Waals surface area contributed by atoms with Crippen molar-refractivity contribution in [2.45, 2.75) is 26.5 Å². The van der Waals surface area contributed by atoms with Crippen LogP contribution in [0.25, 0.3) is 16.6 Å². The Labute approximate surface area is 197 Å². The lowest BCUT2D eigenvalue weighted by Gasteiger charge is -2.25. The summed E-state index contributed by atoms with van der Waals surface area (Å²) in [5.74, 6) is 0.966. The van der Waals surface area contributed by atoms with Crippen LogP contribution < -0.4 is 4.74 Å². The van der Waals surface area contributed by atoms with E-state index >= 15 is 0 Å². The monoisotopic (exact) mass is 453 g/mol. The molecule has 1 aliphatic rings. The summed E-state index contributed by atoms with van der Waals surface area (Å²) in [6.07, 6.45) is 3.07. The maximum Gasteiger partial charge on any atom is 0.214 e. The van der Waals surface area contributed by atoms with E-state index in [1.165, 1.54) is 17.2 Å². The second-order valence-electron chi connectivity index (χ2n) is 8.49. The Kier molecular flexibility index (Phi) is 6.07. The topological polar surface area (TPSA) is 77.8 Å². The lowest BCUT2D eigenvalue weighted by molar-refractivity contribution is 0.285. The minimum absolute atomic E-state index is 0.0534. The van der Waals surface area contributed by atoms with Crippen molar-refractivity contribution >= 4 is 16.6 Å². The molecule has 0 atom stereocenters. The number of H-pyrrole nitrogens is 1. The molecule has 3 heterocycles. The van der Waals surface area contributed by atoms with E-state index in [0.717, 1.165) is 48.6 Å². The van der Waals surface area contributed by atoms with E-state index < -0.39 is 5.82 Å². The molecule has 2 aromatic heterocycles. The van der Waals surface area contributed by atoms with Crippen LogP contribution in [0, 0.1) is 24.1 Å². The van der Waals surface area contributed by atoms with E-state index in [4.69, 9.17) is 15.0 Å². The summed E-state index contributed by atoms with van der Waals surface area (Å²) < 4.78 is 19.8. The summed E-state index contributed by atoms with van der Waals surface area (Å²) in [6, 6.07) is 18.2. The van der Waals surface area contributed by atoms with Crippen molar-refractivity contribution in [3.8, 4) is 11.9 Å². The van der Waals surface area contributed by atoms with Gasteiger partial charge in [0.25, 0.3) is 0 Å². The molecule has 34 heavy (non-hydrogen) atoms. The molecule has 0 saturated heterocycles. The van der Waals surface area contributed by atoms with Crippen molar-refractivity contribution in [1.29, 1.82) is 5.26 Å². The Morgan fingerprint density at radius 3 is 2.85 bits per heavy atom. The van der Waals surface area contributed by atoms with Crippen LogP contribution in [0.2, 0.25) is 0 Å². The summed E-state index contributed by atoms with van der Waals surface area (Å²) in [5, 5.41) is 8.87. The van der Waals surface area contributed by atoms with Crippen molar-refractivity contribution in [1.82, 2.24) is 19.9 Å². The van der Waals surface area contributed by atoms with Gasteiger partial charge < -0.3 is 9.72 Å². The van der Waals surface area contributed by atoms with Crippen LogP contribution in [0.4, 0.5) is 4.39 Å². The van der Waals surface area contributed by atoms with Gasteiger partial charge in [-0.05, 0) is 54.8 Å². The van der Waals surface area contributed by atoms with Crippen molar-refractivity contribution in [2.24, 2.45) is 0 Å². The molecular weight excluding hydrogens is 429 g/mol. The number of nitrogens with one attached hydrogen (secondary N) is 1. The van der Waals surface area contributed by atoms with E-state index in [9.17, 15) is 4.39 Å². The SMILES string of the molecule is Cc1ccc2nc(CN3CC=C(c4cccc(OCc5ccc(C#N)cc5F)n4)CC3)[nH]c2c1. The molecule has 170 valence electrons. The van der Waals surface area contributed by atoms with Gasteiger partial charge in [-0.1, -0.05) is 24.3 Å². The van der Waals surface area contributed by atoms with E-state index in [1.807, 2.05) is 18.2 Å². The molecule has 2 aromatic carbocycles. The fraction of sp³-hybridized carbons (Fsp3) is 0.222. The molecule has 0 fully saturated rings. The smallest absolute Gasteiger partial charge is 0.214 e. The van der Waals surface area contributed by atoms with Gasteiger partial charge in [-0.25, -0.2) is 14.4 Å². The van der Waals surface area contributed by atoms with Crippen LogP contribution >= 0.6 is 0 Å². The zero-order valence-corrected chi connectivity index (χ0v) is 18.9. The first-order chi connectivity index (χ1) is 16.6. The number of rotatable bonds is 6. The third kappa shape index (κ3) is 4.82. The Hall–Kier alpha value is -4.02. The summed E-state index contributed by atoms with van der Waals surface area (Å²) in [5.41, 5.74) is 6.01. The fourth-order valence-corrected chi connectivity index (χ4v) is 4.11. The van der Waals surface area contributed by atoms with Gasteiger partial charge in [0.15, 0.2) is 0 Å². The highest BCUT2D eigenvalue weighted by molar-refractivity contribution is 5.75. The number of nitrogens with zero attached hydrogens (tertiary/aromatic N) is 4. The Balaban J connectivity index is 1.22. The number of hydrogen-bond donors (Lipinski definition) is 1. The number of aromatic amines is 1. The van der Waals surface area contributed by atoms with Gasteiger partial charge >= 0.3 is 0 Å². The van der Waals surface area contributed by atoms with Crippen LogP contribution in [0.1, 0.15) is 34.6 Å². The number of aromatic nitrogens is 3. The number of fused-ring (bicyclic) bond motifs is 1. The van der Waals surface area contributed by atoms with Crippen molar-refractivity contribution in [3.05, 3.63) is 94.7 Å². The predicted molar refractivity (Wildman–Crippen MR) is 128 cm³/mol. The number of pyridine rings is 1. The maximum absolute atomic E-state index is 14.1. The zero-order valence-electron chi connectivity index (χ0n) is 18.9. The van der Waals surface area contributed by atoms with Crippen LogP contribution in [0.15, 0.2) is 60.7 Å². The van der Waals surface area contributed by atoms with Crippen LogP contribution in [-0.2, 0) is 13.2 Å². The molecule has 1 N–H and O–H groups in total. The number of imidazole rings is 1. The molecule has 0 amide bonds. The van der Waals surface area contributed by atoms with Gasteiger partial charge in [0.2, 0.25) is 5.88 Å². The molecule has 4 aromatic rings. The molecule has 0 aliphatic carbocycles. The molecular formula is C27H24FN5O. The average molecular weight is 454 g/mol. The van der Waals surface area contributed by atoms with Crippen LogP contribution in [0.5, 0.6) is 5.88 Å². The maximum atomic E-state index is 14.1. The second-order valence-corrected chi connectivity index (χ2v) is 8.49. The van der Waals surface area contributed by atoms with E-state index in [1.54, 1.807) is 18.2 Å². The van der Waals surface area contributed by atoms with E-state index in [0.29, 0.717) is 11.4 Å². The fourth-order valence-electron chi connectivity index (χ4n) is 4.11. The first-order valence-corrected chi connectivity index (χ1v) is 11.2. The molecule has 7 heteroatoms. The number of nitriles is 1. The number of benzene rings is 2. The third-order valence-corrected chi connectivity index (χ3v) is 5.96. The highest BCUT2D eigenvalue weighted by Gasteiger charge is 2.16. The molecule has 0 bridgehead atoms. The summed E-state index contributed by atoms with van der Waals surface area (Å²) >= 11 is 0. The van der Waals surface area contributed by atoms with Crippen molar-refractivity contribution in [2.75, 3.05) is 13.1 Å². The number of hydrogen-bond acceptors (Lipinski definition) is 5. The minimum Gasteiger partial charge on any atom is -0.473 e. The Morgan fingerprint density at radius 2 is 2.06 bits per heavy atom. The number of halogens is 1. The summed E-state index contributed by atoms with van der Waals surface area (Å²) in [4.78, 5) is 15.1. The molecule has 5 rings (SSSR count). The lowest BCUT2D eigenvalue weighted by atomic mass is 10.0. The Morgan fingerprint density at radius 1 is 1.15 bits per heavy atom. The van der Waals surface area contributed by atoms with E-state index in [2.05, 4.69) is 46.1 Å². The predicted octanol–water partition coefficient (Wildman–Crippen LogP) is 5.15. The molecule has 1 aliphatic heterocycles. The molecule has 0 saturated carbocycles. The van der Waals surface area contributed by atoms with E-state index in [-0.39, 0.29) is 12.2 Å². The largest absolute Gasteiger partial charge is 0.473 e. The molecule has 0 spiro atoms. The minimum atomic E-state index is -0.454. The first kappa shape index (κ1) is 21.8. The van der Waals surface area contributed by atoms with Crippen molar-refractivity contribution < 1.29 is 9.13 Å². The quantitative estimate of drug-likeness (QED) is 0.437. The summed E-state index contributed by atoms with van der Waals surface area (Å²) in [7, 11) is 0. The van der Waals surface area contributed by atoms with Gasteiger partial charge in [0.05, 0.1) is 34.9 Å². The van der Waals surface area contributed by atoms with Gasteiger partial charge in [-0.15, -0.1) is 0 Å². The van der Waals surface area contributed by atoms with Crippen LogP contribution in [0.3, 0.4) is 0 Å². The molecule has 6 nitrogen and oxygen atoms in total. The lowest BCUT2D eigenvalue weighted by Crippen LogP contribution is -2.28. The van der Waals surface area contributed by atoms with Crippen molar-refractivity contribution in [3.63, 3.8) is 0 Å². The normalized spacial score (nSPS) is 14.1. The molecule has 0 unspecified atom stereocenters. The first-order valence-electron chi connectivity index (χ1n) is 11.2. The highest BCUT2D eigenvalue weighted by Crippen LogP contribution is 2.24. The standard InChI is InChI=1S/C27H24FN5O/c1-18-5-8-24-25(13-18)31-26(30-24)16-33-11-9-20(10-12-33)23-3-2-4-27(32-23)34-17-21-7-6-19(15-29)14-22(21)28/h2-9,13-14H,10-12,16-17H2,1H3,(H,30,31). The summed E-state index contributed by atoms with van der Waals surface area (Å²) in [6.45, 7) is 4.62. The van der Waals surface area contributed by atoms with Gasteiger partial charge in [-0.2, -0.15) is 5.26 Å². The highest BCUT2D eigenvalue weighted by atomic mass is 19.1. The average Bonchev–Trinajstić information content (AvgIpc) is 3.25. The third-order valence-electron chi connectivity index (χ3n) is 5.96. The Bertz CT molecular complexity index is 1420. The van der Waals surface area contributed by atoms with Gasteiger partial charge in [0, 0.05) is 24.7 Å². The molecule has 0 radical (unpaired) electrons. The zero-order chi connectivity index (χ0) is 23.5. The number of aryl methyl sites for hydroxylation is 1. The van der Waals surface area contributed by atoms with Crippen LogP contribution in [-0.4, -0.2) is 32.9 Å². The van der Waals surface area contributed by atoms with Gasteiger partial charge in [-0.3, -0.25) is 4.90 Å². The van der Waals surface area contributed by atoms with Gasteiger partial charge in [0.1, 0.15) is 18.2 Å².